The van der Waals surface area contributed by atoms with E-state index in [-0.39, 0.29) is 11.5 Å². The average molecular weight is 482 g/mol. The van der Waals surface area contributed by atoms with E-state index in [0.717, 1.165) is 72.2 Å². The first-order chi connectivity index (χ1) is 15.9. The van der Waals surface area contributed by atoms with Crippen molar-refractivity contribution in [3.63, 3.8) is 0 Å². The van der Waals surface area contributed by atoms with Gasteiger partial charge in [0, 0.05) is 18.0 Å². The van der Waals surface area contributed by atoms with E-state index in [2.05, 4.69) is 25.1 Å². The number of aryl methyl sites for hydroxylation is 4. The molecule has 1 aliphatic carbocycles. The zero-order valence-corrected chi connectivity index (χ0v) is 21.3. The molecule has 7 heteroatoms. The second-order valence-electron chi connectivity index (χ2n) is 9.57. The number of benzene rings is 1. The van der Waals surface area contributed by atoms with Crippen LogP contribution in [-0.4, -0.2) is 39.2 Å². The van der Waals surface area contributed by atoms with E-state index in [1.165, 1.54) is 28.6 Å². The number of fused-ring (bicyclic) bond motifs is 3. The zero-order chi connectivity index (χ0) is 23.1. The van der Waals surface area contributed by atoms with Gasteiger partial charge in [0.25, 0.3) is 5.56 Å². The van der Waals surface area contributed by atoms with Crippen LogP contribution in [0.4, 0.5) is 0 Å². The van der Waals surface area contributed by atoms with Gasteiger partial charge < -0.3 is 4.90 Å². The molecule has 0 saturated carbocycles. The normalized spacial score (nSPS) is 16.9. The molecule has 0 radical (unpaired) electrons. The lowest BCUT2D eigenvalue weighted by Gasteiger charge is -2.30. The van der Waals surface area contributed by atoms with Gasteiger partial charge in [-0.1, -0.05) is 30.8 Å². The molecule has 1 fully saturated rings. The number of hydrogen-bond donors (Lipinski definition) is 0. The van der Waals surface area contributed by atoms with Gasteiger partial charge in [0.2, 0.25) is 5.91 Å². The van der Waals surface area contributed by atoms with Crippen LogP contribution in [0.15, 0.2) is 28.2 Å². The van der Waals surface area contributed by atoms with Crippen LogP contribution in [0.2, 0.25) is 0 Å². The SMILES string of the molecule is Cc1ccc(C)c(-n2c(SCC(=O)N3CCC(C)CC3)nc3sc4c(c3c2=O)CCCC4)c1. The van der Waals surface area contributed by atoms with E-state index in [4.69, 9.17) is 4.98 Å². The van der Waals surface area contributed by atoms with Crippen molar-refractivity contribution in [2.75, 3.05) is 18.8 Å². The van der Waals surface area contributed by atoms with E-state index in [9.17, 15) is 9.59 Å². The third-order valence-electron chi connectivity index (χ3n) is 7.02. The number of thioether (sulfide) groups is 1. The fourth-order valence-corrected chi connectivity index (χ4v) is 7.14. The summed E-state index contributed by atoms with van der Waals surface area (Å²) in [7, 11) is 0. The summed E-state index contributed by atoms with van der Waals surface area (Å²) in [6, 6.07) is 6.18. The lowest BCUT2D eigenvalue weighted by atomic mass is 9.97. The molecule has 0 N–H and O–H groups in total. The van der Waals surface area contributed by atoms with Gasteiger partial charge in [-0.2, -0.15) is 0 Å². The smallest absolute Gasteiger partial charge is 0.267 e. The number of rotatable bonds is 4. The Morgan fingerprint density at radius 3 is 2.73 bits per heavy atom. The summed E-state index contributed by atoms with van der Waals surface area (Å²) < 4.78 is 1.77. The summed E-state index contributed by atoms with van der Waals surface area (Å²) in [4.78, 5) is 36.0. The van der Waals surface area contributed by atoms with Gasteiger partial charge in [0.15, 0.2) is 5.16 Å². The summed E-state index contributed by atoms with van der Waals surface area (Å²) in [6.45, 7) is 7.98. The molecule has 0 unspecified atom stereocenters. The van der Waals surface area contributed by atoms with Crippen LogP contribution < -0.4 is 5.56 Å². The summed E-state index contributed by atoms with van der Waals surface area (Å²) in [5.74, 6) is 1.13. The number of aromatic nitrogens is 2. The summed E-state index contributed by atoms with van der Waals surface area (Å²) in [6.07, 6.45) is 6.42. The molecule has 1 aliphatic heterocycles. The second kappa shape index (κ2) is 9.26. The first-order valence-electron chi connectivity index (χ1n) is 12.0. The van der Waals surface area contributed by atoms with Crippen LogP contribution in [0.5, 0.6) is 0 Å². The number of carbonyl (C=O) groups is 1. The van der Waals surface area contributed by atoms with Gasteiger partial charge in [-0.25, -0.2) is 4.98 Å². The lowest BCUT2D eigenvalue weighted by Crippen LogP contribution is -2.39. The average Bonchev–Trinajstić information content (AvgIpc) is 3.18. The second-order valence-corrected chi connectivity index (χ2v) is 11.6. The number of nitrogens with zero attached hydrogens (tertiary/aromatic N) is 3. The molecule has 3 aromatic rings. The van der Waals surface area contributed by atoms with Crippen LogP contribution in [0.3, 0.4) is 0 Å². The van der Waals surface area contributed by atoms with Crippen molar-refractivity contribution in [3.8, 4) is 5.69 Å². The number of thiophene rings is 1. The number of carbonyl (C=O) groups excluding carboxylic acids is 1. The predicted molar refractivity (Wildman–Crippen MR) is 137 cm³/mol. The minimum absolute atomic E-state index is 0.00912. The van der Waals surface area contributed by atoms with Gasteiger partial charge in [-0.15, -0.1) is 11.3 Å². The Hall–Kier alpha value is -2.12. The summed E-state index contributed by atoms with van der Waals surface area (Å²) in [5.41, 5.74) is 4.21. The van der Waals surface area contributed by atoms with Crippen LogP contribution in [-0.2, 0) is 17.6 Å². The fourth-order valence-electron chi connectivity index (χ4n) is 4.93. The van der Waals surface area contributed by atoms with Gasteiger partial charge in [0.1, 0.15) is 4.83 Å². The van der Waals surface area contributed by atoms with Gasteiger partial charge in [-0.3, -0.25) is 14.2 Å². The Morgan fingerprint density at radius 1 is 1.18 bits per heavy atom. The molecule has 0 spiro atoms. The molecule has 1 amide bonds. The molecule has 1 aromatic carbocycles. The van der Waals surface area contributed by atoms with Crippen molar-refractivity contribution in [1.82, 2.24) is 14.5 Å². The van der Waals surface area contributed by atoms with E-state index in [0.29, 0.717) is 16.8 Å². The zero-order valence-electron chi connectivity index (χ0n) is 19.6. The van der Waals surface area contributed by atoms with Crippen molar-refractivity contribution in [1.29, 1.82) is 0 Å². The summed E-state index contributed by atoms with van der Waals surface area (Å²) >= 11 is 3.07. The molecular formula is C26H31N3O2S2. The standard InChI is InChI=1S/C26H31N3O2S2/c1-16-10-12-28(13-11-16)22(30)15-32-26-27-24-23(19-6-4-5-7-21(19)33-24)25(31)29(26)20-14-17(2)8-9-18(20)3/h8-9,14,16H,4-7,10-13,15H2,1-3H3. The van der Waals surface area contributed by atoms with Crippen molar-refractivity contribution in [2.45, 2.75) is 64.5 Å². The van der Waals surface area contributed by atoms with E-state index in [1.54, 1.807) is 15.9 Å². The number of hydrogen-bond acceptors (Lipinski definition) is 5. The molecule has 174 valence electrons. The Bertz CT molecular complexity index is 1270. The third kappa shape index (κ3) is 4.37. The van der Waals surface area contributed by atoms with Crippen molar-refractivity contribution in [2.24, 2.45) is 5.92 Å². The maximum Gasteiger partial charge on any atom is 0.267 e. The topological polar surface area (TPSA) is 55.2 Å². The molecular weight excluding hydrogens is 450 g/mol. The highest BCUT2D eigenvalue weighted by Crippen LogP contribution is 2.35. The van der Waals surface area contributed by atoms with Crippen LogP contribution in [0, 0.1) is 19.8 Å². The molecule has 5 nitrogen and oxygen atoms in total. The molecule has 5 rings (SSSR count). The summed E-state index contributed by atoms with van der Waals surface area (Å²) in [5, 5.41) is 1.41. The third-order valence-corrected chi connectivity index (χ3v) is 9.13. The minimum Gasteiger partial charge on any atom is -0.342 e. The van der Waals surface area contributed by atoms with Crippen molar-refractivity contribution >= 4 is 39.2 Å². The number of amides is 1. The lowest BCUT2D eigenvalue weighted by molar-refractivity contribution is -0.129. The molecule has 0 bridgehead atoms. The molecule has 1 saturated heterocycles. The van der Waals surface area contributed by atoms with E-state index < -0.39 is 0 Å². The molecule has 2 aliphatic rings. The Kier molecular flexibility index (Phi) is 6.36. The minimum atomic E-state index is 0.00912. The molecule has 33 heavy (non-hydrogen) atoms. The van der Waals surface area contributed by atoms with Crippen molar-refractivity contribution in [3.05, 3.63) is 50.1 Å². The van der Waals surface area contributed by atoms with Gasteiger partial charge in [0.05, 0.1) is 16.8 Å². The Balaban J connectivity index is 1.57. The van der Waals surface area contributed by atoms with Crippen LogP contribution in [0.25, 0.3) is 15.9 Å². The van der Waals surface area contributed by atoms with Crippen LogP contribution in [0.1, 0.15) is 54.2 Å². The largest absolute Gasteiger partial charge is 0.342 e. The first-order valence-corrected chi connectivity index (χ1v) is 13.8. The number of piperidine rings is 1. The van der Waals surface area contributed by atoms with Gasteiger partial charge >= 0.3 is 0 Å². The maximum absolute atomic E-state index is 13.9. The number of likely N-dealkylation sites (tertiary alicyclic amines) is 1. The maximum atomic E-state index is 13.9. The Labute approximate surface area is 203 Å². The van der Waals surface area contributed by atoms with Crippen LogP contribution >= 0.6 is 23.1 Å². The predicted octanol–water partition coefficient (Wildman–Crippen LogP) is 5.29. The van der Waals surface area contributed by atoms with Gasteiger partial charge in [-0.05, 0) is 81.0 Å². The highest BCUT2D eigenvalue weighted by molar-refractivity contribution is 7.99. The van der Waals surface area contributed by atoms with E-state index >= 15 is 0 Å². The fraction of sp³-hybridized carbons (Fsp3) is 0.500. The monoisotopic (exact) mass is 481 g/mol. The van der Waals surface area contributed by atoms with E-state index in [1.807, 2.05) is 18.7 Å². The highest BCUT2D eigenvalue weighted by atomic mass is 32.2. The molecule has 0 atom stereocenters. The Morgan fingerprint density at radius 2 is 1.94 bits per heavy atom. The first kappa shape index (κ1) is 22.7. The van der Waals surface area contributed by atoms with Crippen molar-refractivity contribution < 1.29 is 4.79 Å². The quantitative estimate of drug-likeness (QED) is 0.375. The molecule has 2 aromatic heterocycles. The molecule has 3 heterocycles. The highest BCUT2D eigenvalue weighted by Gasteiger charge is 2.25.